The predicted molar refractivity (Wildman–Crippen MR) is 144 cm³/mol. The quantitative estimate of drug-likeness (QED) is 0.216. The highest BCUT2D eigenvalue weighted by Crippen LogP contribution is 2.29. The van der Waals surface area contributed by atoms with E-state index in [-0.39, 0.29) is 6.04 Å². The third-order valence-electron chi connectivity index (χ3n) is 5.75. The summed E-state index contributed by atoms with van der Waals surface area (Å²) in [7, 11) is 0. The molecule has 2 aromatic carbocycles. The van der Waals surface area contributed by atoms with Crippen LogP contribution in [0.2, 0.25) is 0 Å². The first-order chi connectivity index (χ1) is 17.1. The molecule has 4 aromatic rings. The Kier molecular flexibility index (Phi) is 7.15. The van der Waals surface area contributed by atoms with Crippen molar-refractivity contribution in [2.24, 2.45) is 0 Å². The van der Waals surface area contributed by atoms with E-state index in [4.69, 9.17) is 22.2 Å². The highest BCUT2D eigenvalue weighted by atomic mass is 32.2. The molecule has 2 N–H and O–H groups in total. The molecule has 1 aliphatic heterocycles. The number of thiocarbonyl (C=S) groups is 1. The molecular formula is C26H25N7S2. The summed E-state index contributed by atoms with van der Waals surface area (Å²) in [6, 6.07) is 22.6. The van der Waals surface area contributed by atoms with E-state index in [1.165, 1.54) is 22.9 Å². The number of fused-ring (bicyclic) bond motifs is 1. The summed E-state index contributed by atoms with van der Waals surface area (Å²) in [6.07, 6.45) is 4.42. The van der Waals surface area contributed by atoms with E-state index in [1.54, 1.807) is 18.5 Å². The maximum absolute atomic E-state index is 5.59. The Bertz CT molecular complexity index is 1300. The number of aromatic nitrogens is 4. The molecule has 0 amide bonds. The maximum atomic E-state index is 5.59. The van der Waals surface area contributed by atoms with E-state index in [1.807, 2.05) is 24.3 Å². The van der Waals surface area contributed by atoms with Crippen molar-refractivity contribution in [3.05, 3.63) is 95.8 Å². The molecule has 7 nitrogen and oxygen atoms in total. The highest BCUT2D eigenvalue weighted by molar-refractivity contribution is 7.99. The average Bonchev–Trinajstić information content (AvgIpc) is 2.89. The first kappa shape index (κ1) is 23.2. The summed E-state index contributed by atoms with van der Waals surface area (Å²) >= 11 is 6.99. The first-order valence-corrected chi connectivity index (χ1v) is 12.6. The molecule has 0 aliphatic carbocycles. The Labute approximate surface area is 214 Å². The van der Waals surface area contributed by atoms with Gasteiger partial charge in [-0.1, -0.05) is 54.6 Å². The molecule has 2 aromatic heterocycles. The van der Waals surface area contributed by atoms with Crippen LogP contribution in [0.1, 0.15) is 29.7 Å². The molecule has 176 valence electrons. The number of hydrogen-bond donors (Lipinski definition) is 2. The zero-order valence-electron chi connectivity index (χ0n) is 19.3. The minimum Gasteiger partial charge on any atom is -0.356 e. The fraction of sp³-hybridized carbons (Fsp3) is 0.192. The van der Waals surface area contributed by atoms with Gasteiger partial charge in [-0.25, -0.2) is 15.0 Å². The Morgan fingerprint density at radius 3 is 2.51 bits per heavy atom. The zero-order chi connectivity index (χ0) is 24.0. The second-order valence-corrected chi connectivity index (χ2v) is 9.59. The van der Waals surface area contributed by atoms with Crippen LogP contribution in [0.4, 0.5) is 11.8 Å². The number of anilines is 2. The molecule has 5 rings (SSSR count). The summed E-state index contributed by atoms with van der Waals surface area (Å²) in [6.45, 7) is 3.75. The molecule has 0 saturated heterocycles. The van der Waals surface area contributed by atoms with Gasteiger partial charge in [0.2, 0.25) is 5.95 Å². The highest BCUT2D eigenvalue weighted by Gasteiger charge is 2.20. The van der Waals surface area contributed by atoms with E-state index in [0.29, 0.717) is 16.2 Å². The molecule has 9 heteroatoms. The molecule has 0 fully saturated rings. The molecule has 3 heterocycles. The average molecular weight is 500 g/mol. The third kappa shape index (κ3) is 5.93. The van der Waals surface area contributed by atoms with Crippen LogP contribution < -0.4 is 15.5 Å². The normalized spacial score (nSPS) is 13.6. The Balaban J connectivity index is 1.38. The number of hydrogen-bond acceptors (Lipinski definition) is 7. The van der Waals surface area contributed by atoms with Gasteiger partial charge in [-0.05, 0) is 60.1 Å². The molecule has 0 spiro atoms. The monoisotopic (exact) mass is 499 g/mol. The molecule has 1 aliphatic rings. The number of nitrogens with one attached hydrogen (secondary N) is 2. The van der Waals surface area contributed by atoms with Crippen LogP contribution in [0.3, 0.4) is 0 Å². The van der Waals surface area contributed by atoms with Crippen molar-refractivity contribution in [2.45, 2.75) is 36.1 Å². The lowest BCUT2D eigenvalue weighted by molar-refractivity contribution is 0.715. The van der Waals surface area contributed by atoms with E-state index >= 15 is 0 Å². The van der Waals surface area contributed by atoms with Gasteiger partial charge in [0, 0.05) is 31.5 Å². The van der Waals surface area contributed by atoms with Crippen molar-refractivity contribution in [2.75, 3.05) is 16.8 Å². The molecular weight excluding hydrogens is 474 g/mol. The minimum absolute atomic E-state index is 0.0459. The van der Waals surface area contributed by atoms with Gasteiger partial charge in [-0.15, -0.1) is 0 Å². The SMILES string of the molecule is C[C@H](NC(=S)Nc1nc(Sc2ncccn2)cc(N2CCc3ccccc3C2)n1)c1ccccc1. The summed E-state index contributed by atoms with van der Waals surface area (Å²) in [5.74, 6) is 1.28. The minimum atomic E-state index is 0.0459. The van der Waals surface area contributed by atoms with Crippen molar-refractivity contribution in [3.8, 4) is 0 Å². The second kappa shape index (κ2) is 10.8. The van der Waals surface area contributed by atoms with Crippen molar-refractivity contribution < 1.29 is 0 Å². The van der Waals surface area contributed by atoms with Crippen molar-refractivity contribution >= 4 is 40.9 Å². The molecule has 0 bridgehead atoms. The van der Waals surface area contributed by atoms with Gasteiger partial charge in [-0.2, -0.15) is 4.98 Å². The lowest BCUT2D eigenvalue weighted by atomic mass is 10.00. The topological polar surface area (TPSA) is 78.9 Å². The molecule has 35 heavy (non-hydrogen) atoms. The van der Waals surface area contributed by atoms with Crippen LogP contribution in [-0.4, -0.2) is 31.6 Å². The third-order valence-corrected chi connectivity index (χ3v) is 6.79. The fourth-order valence-corrected chi connectivity index (χ4v) is 4.94. The van der Waals surface area contributed by atoms with Gasteiger partial charge >= 0.3 is 0 Å². The summed E-state index contributed by atoms with van der Waals surface area (Å²) in [5, 5.41) is 8.35. The van der Waals surface area contributed by atoms with Gasteiger partial charge in [0.15, 0.2) is 10.3 Å². The Morgan fingerprint density at radius 2 is 1.71 bits per heavy atom. The van der Waals surface area contributed by atoms with Gasteiger partial charge < -0.3 is 15.5 Å². The number of rotatable bonds is 6. The van der Waals surface area contributed by atoms with Gasteiger partial charge in [-0.3, -0.25) is 0 Å². The zero-order valence-corrected chi connectivity index (χ0v) is 20.9. The van der Waals surface area contributed by atoms with Gasteiger partial charge in [0.1, 0.15) is 10.8 Å². The van der Waals surface area contributed by atoms with Crippen LogP contribution in [0.25, 0.3) is 0 Å². The molecule has 0 radical (unpaired) electrons. The lowest BCUT2D eigenvalue weighted by Crippen LogP contribution is -2.33. The fourth-order valence-electron chi connectivity index (χ4n) is 3.97. The van der Waals surface area contributed by atoms with Gasteiger partial charge in [0.05, 0.1) is 6.04 Å². The largest absolute Gasteiger partial charge is 0.356 e. The van der Waals surface area contributed by atoms with Crippen LogP contribution in [0, 0.1) is 0 Å². The lowest BCUT2D eigenvalue weighted by Gasteiger charge is -2.30. The van der Waals surface area contributed by atoms with Crippen molar-refractivity contribution in [3.63, 3.8) is 0 Å². The van der Waals surface area contributed by atoms with Crippen LogP contribution in [0.15, 0.2) is 89.3 Å². The Hall–Kier alpha value is -3.56. The molecule has 0 saturated carbocycles. The van der Waals surface area contributed by atoms with Crippen molar-refractivity contribution in [1.29, 1.82) is 0 Å². The van der Waals surface area contributed by atoms with E-state index in [2.05, 4.69) is 68.8 Å². The second-order valence-electron chi connectivity index (χ2n) is 8.19. The summed E-state index contributed by atoms with van der Waals surface area (Å²) in [4.78, 5) is 20.4. The summed E-state index contributed by atoms with van der Waals surface area (Å²) in [5.41, 5.74) is 3.86. The predicted octanol–water partition coefficient (Wildman–Crippen LogP) is 5.03. The van der Waals surface area contributed by atoms with E-state index in [0.717, 1.165) is 35.9 Å². The first-order valence-electron chi connectivity index (χ1n) is 11.4. The standard InChI is InChI=1S/C26H25N7S2/c1-18(19-8-3-2-4-9-19)29-25(34)32-24-30-22(16-23(31-24)35-26-27-13-7-14-28-26)33-15-12-20-10-5-6-11-21(20)17-33/h2-11,13-14,16,18H,12,15,17H2,1H3,(H2,29,30,31,32,34)/t18-/m0/s1. The number of benzene rings is 2. The van der Waals surface area contributed by atoms with Crippen LogP contribution >= 0.6 is 24.0 Å². The molecule has 0 unspecified atom stereocenters. The maximum Gasteiger partial charge on any atom is 0.232 e. The van der Waals surface area contributed by atoms with Crippen LogP contribution in [-0.2, 0) is 13.0 Å². The molecule has 1 atom stereocenters. The van der Waals surface area contributed by atoms with Crippen LogP contribution in [0.5, 0.6) is 0 Å². The summed E-state index contributed by atoms with van der Waals surface area (Å²) < 4.78 is 0. The number of nitrogens with zero attached hydrogens (tertiary/aromatic N) is 5. The van der Waals surface area contributed by atoms with Gasteiger partial charge in [0.25, 0.3) is 0 Å². The van der Waals surface area contributed by atoms with E-state index in [9.17, 15) is 0 Å². The smallest absolute Gasteiger partial charge is 0.232 e. The Morgan fingerprint density at radius 1 is 0.971 bits per heavy atom. The van der Waals surface area contributed by atoms with Crippen molar-refractivity contribution in [1.82, 2.24) is 25.3 Å². The van der Waals surface area contributed by atoms with E-state index < -0.39 is 0 Å².